The number of nitrogens with one attached hydrogen (secondary N) is 1. The molecule has 1 rings (SSSR count). The van der Waals surface area contributed by atoms with Crippen LogP contribution in [0.15, 0.2) is 0 Å². The first-order valence-corrected chi connectivity index (χ1v) is 6.71. The van der Waals surface area contributed by atoms with Gasteiger partial charge in [0.25, 0.3) is 0 Å². The van der Waals surface area contributed by atoms with Crippen LogP contribution in [0.3, 0.4) is 0 Å². The summed E-state index contributed by atoms with van der Waals surface area (Å²) in [5, 5.41) is 59.5. The van der Waals surface area contributed by atoms with E-state index in [4.69, 9.17) is 9.84 Å². The maximum absolute atomic E-state index is 10.3. The SMILES string of the molecule is C[C@]1(O)[C@H](O)[C@H](O)O[C@@H](CNC(O)CCCC(=O)O)[C@H]1O. The van der Waals surface area contributed by atoms with Gasteiger partial charge in [0.05, 0.1) is 0 Å². The molecule has 21 heavy (non-hydrogen) atoms. The highest BCUT2D eigenvalue weighted by atomic mass is 16.6. The van der Waals surface area contributed by atoms with Crippen LogP contribution in [0.5, 0.6) is 0 Å². The van der Waals surface area contributed by atoms with Crippen molar-refractivity contribution >= 4 is 5.97 Å². The van der Waals surface area contributed by atoms with Crippen molar-refractivity contribution < 1.29 is 40.2 Å². The minimum atomic E-state index is -1.95. The maximum atomic E-state index is 10.3. The van der Waals surface area contributed by atoms with Crippen LogP contribution in [-0.2, 0) is 9.53 Å². The lowest BCUT2D eigenvalue weighted by molar-refractivity contribution is -0.311. The van der Waals surface area contributed by atoms with Gasteiger partial charge in [-0.3, -0.25) is 10.1 Å². The first kappa shape index (κ1) is 18.2. The predicted molar refractivity (Wildman–Crippen MR) is 69.0 cm³/mol. The zero-order valence-electron chi connectivity index (χ0n) is 11.7. The standard InChI is InChI=1S/C12H23NO8/c1-12(20)9(17)6(21-11(19)10(12)18)5-13-7(14)3-2-4-8(15)16/h6-7,9-11,13-14,17-20H,2-5H2,1H3,(H,15,16)/t6-,7?,9+,10+,11+,12+/m0/s1. The van der Waals surface area contributed by atoms with Crippen LogP contribution in [0.25, 0.3) is 0 Å². The number of carbonyl (C=O) groups is 1. The van der Waals surface area contributed by atoms with Crippen molar-refractivity contribution in [3.63, 3.8) is 0 Å². The molecule has 6 atom stereocenters. The van der Waals surface area contributed by atoms with Crippen LogP contribution in [0.1, 0.15) is 26.2 Å². The number of carboxylic acid groups (broad SMARTS) is 1. The van der Waals surface area contributed by atoms with E-state index in [1.54, 1.807) is 0 Å². The summed E-state index contributed by atoms with van der Waals surface area (Å²) >= 11 is 0. The number of carboxylic acids is 1. The van der Waals surface area contributed by atoms with E-state index in [-0.39, 0.29) is 25.8 Å². The van der Waals surface area contributed by atoms with E-state index in [0.29, 0.717) is 0 Å². The molecule has 0 aliphatic carbocycles. The lowest BCUT2D eigenvalue weighted by atomic mass is 9.86. The average Bonchev–Trinajstić information content (AvgIpc) is 2.39. The van der Waals surface area contributed by atoms with E-state index in [0.717, 1.165) is 0 Å². The molecule has 0 aromatic heterocycles. The summed E-state index contributed by atoms with van der Waals surface area (Å²) in [6, 6.07) is 0. The third-order valence-corrected chi connectivity index (χ3v) is 3.56. The summed E-state index contributed by atoms with van der Waals surface area (Å²) in [5.74, 6) is -0.957. The van der Waals surface area contributed by atoms with Gasteiger partial charge < -0.3 is 35.4 Å². The van der Waals surface area contributed by atoms with Crippen molar-refractivity contribution in [2.45, 2.75) is 62.6 Å². The molecule has 0 aromatic carbocycles. The fourth-order valence-electron chi connectivity index (χ4n) is 2.13. The van der Waals surface area contributed by atoms with Gasteiger partial charge in [-0.1, -0.05) is 0 Å². The number of hydrogen-bond donors (Lipinski definition) is 7. The lowest BCUT2D eigenvalue weighted by Gasteiger charge is -2.45. The van der Waals surface area contributed by atoms with E-state index < -0.39 is 42.4 Å². The molecule has 0 radical (unpaired) electrons. The smallest absolute Gasteiger partial charge is 0.303 e. The number of hydrogen-bond acceptors (Lipinski definition) is 8. The second-order valence-corrected chi connectivity index (χ2v) is 5.39. The molecule has 1 unspecified atom stereocenters. The summed E-state index contributed by atoms with van der Waals surface area (Å²) in [4.78, 5) is 10.3. The Morgan fingerprint density at radius 1 is 1.33 bits per heavy atom. The second kappa shape index (κ2) is 7.45. The van der Waals surface area contributed by atoms with Crippen molar-refractivity contribution in [3.05, 3.63) is 0 Å². The maximum Gasteiger partial charge on any atom is 0.303 e. The molecule has 0 aromatic rings. The quantitative estimate of drug-likeness (QED) is 0.249. The van der Waals surface area contributed by atoms with Gasteiger partial charge in [0.2, 0.25) is 0 Å². The van der Waals surface area contributed by atoms with Crippen molar-refractivity contribution in [2.24, 2.45) is 0 Å². The molecule has 1 heterocycles. The minimum absolute atomic E-state index is 0.0685. The molecule has 1 fully saturated rings. The number of aliphatic hydroxyl groups excluding tert-OH is 4. The Balaban J connectivity index is 2.42. The Morgan fingerprint density at radius 2 is 1.95 bits per heavy atom. The molecule has 0 saturated carbocycles. The van der Waals surface area contributed by atoms with Gasteiger partial charge in [0.1, 0.15) is 30.1 Å². The Morgan fingerprint density at radius 3 is 2.52 bits per heavy atom. The number of aliphatic carboxylic acids is 1. The summed E-state index contributed by atoms with van der Waals surface area (Å²) in [7, 11) is 0. The van der Waals surface area contributed by atoms with Crippen LogP contribution in [0.4, 0.5) is 0 Å². The number of rotatable bonds is 7. The molecule has 0 amide bonds. The summed E-state index contributed by atoms with van der Waals surface area (Å²) in [6.07, 6.45) is -6.41. The summed E-state index contributed by atoms with van der Waals surface area (Å²) in [6.45, 7) is 1.08. The molecule has 124 valence electrons. The van der Waals surface area contributed by atoms with Gasteiger partial charge in [-0.05, 0) is 19.8 Å². The highest BCUT2D eigenvalue weighted by Gasteiger charge is 2.51. The van der Waals surface area contributed by atoms with Crippen molar-refractivity contribution in [3.8, 4) is 0 Å². The molecule has 9 nitrogen and oxygen atoms in total. The van der Waals surface area contributed by atoms with E-state index >= 15 is 0 Å². The van der Waals surface area contributed by atoms with E-state index in [9.17, 15) is 30.3 Å². The van der Waals surface area contributed by atoms with Crippen molar-refractivity contribution in [2.75, 3.05) is 6.54 Å². The van der Waals surface area contributed by atoms with Crippen LogP contribution in [-0.4, -0.2) is 79.6 Å². The number of ether oxygens (including phenoxy) is 1. The van der Waals surface area contributed by atoms with Gasteiger partial charge in [-0.2, -0.15) is 0 Å². The molecule has 0 spiro atoms. The lowest BCUT2D eigenvalue weighted by Crippen LogP contribution is -2.66. The topological polar surface area (TPSA) is 160 Å². The first-order valence-electron chi connectivity index (χ1n) is 6.71. The van der Waals surface area contributed by atoms with Gasteiger partial charge in [0.15, 0.2) is 6.29 Å². The Labute approximate surface area is 121 Å². The van der Waals surface area contributed by atoms with Crippen LogP contribution < -0.4 is 5.32 Å². The molecule has 0 bridgehead atoms. The molecule has 1 aliphatic rings. The second-order valence-electron chi connectivity index (χ2n) is 5.39. The minimum Gasteiger partial charge on any atom is -0.481 e. The van der Waals surface area contributed by atoms with E-state index in [1.807, 2.05) is 0 Å². The first-order chi connectivity index (χ1) is 9.66. The predicted octanol–water partition coefficient (Wildman–Crippen LogP) is -2.66. The van der Waals surface area contributed by atoms with Crippen molar-refractivity contribution in [1.29, 1.82) is 0 Å². The molecule has 1 saturated heterocycles. The molecular weight excluding hydrogens is 286 g/mol. The Kier molecular flexibility index (Phi) is 6.47. The summed E-state index contributed by atoms with van der Waals surface area (Å²) < 4.78 is 4.97. The normalized spacial score (nSPS) is 38.2. The molecule has 1 aliphatic heterocycles. The monoisotopic (exact) mass is 309 g/mol. The van der Waals surface area contributed by atoms with Gasteiger partial charge in [-0.15, -0.1) is 0 Å². The molecular formula is C12H23NO8. The zero-order valence-corrected chi connectivity index (χ0v) is 11.7. The third-order valence-electron chi connectivity index (χ3n) is 3.56. The van der Waals surface area contributed by atoms with Crippen LogP contribution >= 0.6 is 0 Å². The van der Waals surface area contributed by atoms with E-state index in [1.165, 1.54) is 6.92 Å². The largest absolute Gasteiger partial charge is 0.481 e. The zero-order chi connectivity index (χ0) is 16.2. The van der Waals surface area contributed by atoms with Crippen LogP contribution in [0, 0.1) is 0 Å². The third kappa shape index (κ3) is 4.85. The highest BCUT2D eigenvalue weighted by Crippen LogP contribution is 2.28. The van der Waals surface area contributed by atoms with E-state index in [2.05, 4.69) is 5.32 Å². The Bertz CT molecular complexity index is 350. The highest BCUT2D eigenvalue weighted by molar-refractivity contribution is 5.66. The van der Waals surface area contributed by atoms with Gasteiger partial charge in [-0.25, -0.2) is 0 Å². The van der Waals surface area contributed by atoms with Gasteiger partial charge in [0, 0.05) is 13.0 Å². The Hall–Kier alpha value is -0.810. The van der Waals surface area contributed by atoms with Crippen molar-refractivity contribution in [1.82, 2.24) is 5.32 Å². The molecule has 7 N–H and O–H groups in total. The average molecular weight is 309 g/mol. The fraction of sp³-hybridized carbons (Fsp3) is 0.917. The molecule has 9 heteroatoms. The number of aliphatic hydroxyl groups is 5. The van der Waals surface area contributed by atoms with Crippen LogP contribution in [0.2, 0.25) is 0 Å². The van der Waals surface area contributed by atoms with Gasteiger partial charge >= 0.3 is 5.97 Å². The fourth-order valence-corrected chi connectivity index (χ4v) is 2.13. The summed E-state index contributed by atoms with van der Waals surface area (Å²) in [5.41, 5.74) is -1.95.